The second-order valence-corrected chi connectivity index (χ2v) is 5.38. The molecule has 1 aromatic carbocycles. The Morgan fingerprint density at radius 1 is 1.26 bits per heavy atom. The van der Waals surface area contributed by atoms with E-state index in [1.165, 1.54) is 6.39 Å². The molecule has 1 aliphatic heterocycles. The largest absolute Gasteiger partial charge is 0.381 e. The van der Waals surface area contributed by atoms with Crippen molar-refractivity contribution in [3.05, 3.63) is 30.7 Å². The zero-order valence-corrected chi connectivity index (χ0v) is 13.3. The lowest BCUT2D eigenvalue weighted by molar-refractivity contribution is -0.130. The topological polar surface area (TPSA) is 103 Å². The fraction of sp³-hybridized carbons (Fsp3) is 0.400. The van der Waals surface area contributed by atoms with Gasteiger partial charge in [-0.2, -0.15) is 4.98 Å². The molecular formula is C15H19ClN4O3. The van der Waals surface area contributed by atoms with Crippen LogP contribution in [0.2, 0.25) is 0 Å². The van der Waals surface area contributed by atoms with Crippen molar-refractivity contribution in [3.8, 4) is 11.4 Å². The maximum absolute atomic E-state index is 12.5. The molecule has 8 heteroatoms. The van der Waals surface area contributed by atoms with E-state index in [-0.39, 0.29) is 18.3 Å². The van der Waals surface area contributed by atoms with Gasteiger partial charge in [0, 0.05) is 31.0 Å². The molecule has 3 N–H and O–H groups in total. The van der Waals surface area contributed by atoms with Crippen molar-refractivity contribution in [3.63, 3.8) is 0 Å². The van der Waals surface area contributed by atoms with Gasteiger partial charge in [0.25, 0.3) is 0 Å². The van der Waals surface area contributed by atoms with Crippen LogP contribution in [-0.2, 0) is 9.53 Å². The van der Waals surface area contributed by atoms with Crippen molar-refractivity contribution in [2.24, 2.45) is 11.1 Å². The van der Waals surface area contributed by atoms with E-state index in [1.807, 2.05) is 24.3 Å². The molecular weight excluding hydrogens is 320 g/mol. The highest BCUT2D eigenvalue weighted by Crippen LogP contribution is 2.31. The van der Waals surface area contributed by atoms with Gasteiger partial charge >= 0.3 is 0 Å². The molecule has 1 aliphatic rings. The molecule has 1 fully saturated rings. The number of ether oxygens (including phenoxy) is 1. The number of halogens is 1. The van der Waals surface area contributed by atoms with Gasteiger partial charge in [0.15, 0.2) is 0 Å². The second kappa shape index (κ2) is 7.54. The molecule has 0 bridgehead atoms. The Morgan fingerprint density at radius 3 is 2.52 bits per heavy atom. The van der Waals surface area contributed by atoms with Crippen LogP contribution in [0, 0.1) is 5.41 Å². The number of amides is 1. The number of nitrogens with zero attached hydrogens (tertiary/aromatic N) is 2. The highest BCUT2D eigenvalue weighted by Gasteiger charge is 2.38. The summed E-state index contributed by atoms with van der Waals surface area (Å²) in [5.74, 6) is 0.464. The quantitative estimate of drug-likeness (QED) is 0.881. The van der Waals surface area contributed by atoms with Gasteiger partial charge in [-0.15, -0.1) is 12.4 Å². The molecule has 1 aromatic heterocycles. The summed E-state index contributed by atoms with van der Waals surface area (Å²) in [6.45, 7) is 1.46. The Morgan fingerprint density at radius 2 is 1.96 bits per heavy atom. The summed E-state index contributed by atoms with van der Waals surface area (Å²) >= 11 is 0. The predicted molar refractivity (Wildman–Crippen MR) is 87.2 cm³/mol. The minimum atomic E-state index is -0.537. The smallest absolute Gasteiger partial charge is 0.232 e. The van der Waals surface area contributed by atoms with Crippen molar-refractivity contribution in [1.29, 1.82) is 0 Å². The summed E-state index contributed by atoms with van der Waals surface area (Å²) in [5.41, 5.74) is 6.85. The van der Waals surface area contributed by atoms with Gasteiger partial charge in [0.05, 0.1) is 5.41 Å². The average molecular weight is 339 g/mol. The van der Waals surface area contributed by atoms with Crippen LogP contribution >= 0.6 is 12.4 Å². The van der Waals surface area contributed by atoms with Crippen LogP contribution in [0.3, 0.4) is 0 Å². The van der Waals surface area contributed by atoms with E-state index in [4.69, 9.17) is 15.0 Å². The first-order valence-electron chi connectivity index (χ1n) is 7.20. The van der Waals surface area contributed by atoms with Crippen LogP contribution in [0.4, 0.5) is 5.69 Å². The molecule has 1 saturated heterocycles. The highest BCUT2D eigenvalue weighted by molar-refractivity contribution is 5.95. The zero-order chi connectivity index (χ0) is 15.4. The molecule has 2 heterocycles. The highest BCUT2D eigenvalue weighted by atomic mass is 35.5. The zero-order valence-electron chi connectivity index (χ0n) is 12.5. The Hall–Kier alpha value is -1.96. The van der Waals surface area contributed by atoms with Gasteiger partial charge in [-0.1, -0.05) is 5.16 Å². The first-order valence-corrected chi connectivity index (χ1v) is 7.20. The number of nitrogens with two attached hydrogens (primary N) is 1. The van der Waals surface area contributed by atoms with E-state index in [9.17, 15) is 4.79 Å². The summed E-state index contributed by atoms with van der Waals surface area (Å²) < 4.78 is 10.0. The van der Waals surface area contributed by atoms with Crippen LogP contribution in [0.1, 0.15) is 12.8 Å². The Kier molecular flexibility index (Phi) is 5.70. The third kappa shape index (κ3) is 3.69. The number of nitrogens with one attached hydrogen (secondary N) is 1. The van der Waals surface area contributed by atoms with E-state index in [1.54, 1.807) is 0 Å². The van der Waals surface area contributed by atoms with Gasteiger partial charge < -0.3 is 20.3 Å². The number of benzene rings is 1. The molecule has 0 saturated carbocycles. The maximum atomic E-state index is 12.5. The van der Waals surface area contributed by atoms with Gasteiger partial charge in [0.2, 0.25) is 18.1 Å². The van der Waals surface area contributed by atoms with E-state index >= 15 is 0 Å². The number of rotatable bonds is 4. The summed E-state index contributed by atoms with van der Waals surface area (Å²) in [6, 6.07) is 7.29. The van der Waals surface area contributed by atoms with Crippen molar-refractivity contribution < 1.29 is 14.1 Å². The van der Waals surface area contributed by atoms with Crippen LogP contribution in [0.25, 0.3) is 11.4 Å². The minimum Gasteiger partial charge on any atom is -0.381 e. The first kappa shape index (κ1) is 17.4. The molecule has 7 nitrogen and oxygen atoms in total. The number of carbonyl (C=O) groups excluding carboxylic acids is 1. The summed E-state index contributed by atoms with van der Waals surface area (Å²) in [6.07, 6.45) is 2.58. The predicted octanol–water partition coefficient (Wildman–Crippen LogP) is 1.85. The Balaban J connectivity index is 0.00000192. The van der Waals surface area contributed by atoms with Crippen LogP contribution in [-0.4, -0.2) is 35.8 Å². The molecule has 0 aliphatic carbocycles. The van der Waals surface area contributed by atoms with Crippen LogP contribution in [0.15, 0.2) is 35.2 Å². The van der Waals surface area contributed by atoms with Crippen LogP contribution in [0.5, 0.6) is 0 Å². The first-order chi connectivity index (χ1) is 10.7. The summed E-state index contributed by atoms with van der Waals surface area (Å²) in [4.78, 5) is 16.5. The molecule has 1 amide bonds. The monoisotopic (exact) mass is 338 g/mol. The fourth-order valence-corrected chi connectivity index (χ4v) is 2.55. The van der Waals surface area contributed by atoms with Gasteiger partial charge in [-0.05, 0) is 37.1 Å². The molecule has 0 unspecified atom stereocenters. The lowest BCUT2D eigenvalue weighted by Crippen LogP contribution is -2.46. The van der Waals surface area contributed by atoms with E-state index in [0.717, 1.165) is 11.3 Å². The average Bonchev–Trinajstić information content (AvgIpc) is 3.10. The van der Waals surface area contributed by atoms with Gasteiger partial charge in [-0.25, -0.2) is 0 Å². The lowest BCUT2D eigenvalue weighted by Gasteiger charge is -2.34. The molecule has 2 aromatic rings. The normalized spacial score (nSPS) is 16.4. The Bertz CT molecular complexity index is 625. The second-order valence-electron chi connectivity index (χ2n) is 5.38. The molecule has 0 atom stereocenters. The minimum absolute atomic E-state index is 0. The third-order valence-electron chi connectivity index (χ3n) is 4.08. The van der Waals surface area contributed by atoms with Crippen molar-refractivity contribution in [2.75, 3.05) is 25.1 Å². The van der Waals surface area contributed by atoms with Crippen molar-refractivity contribution in [1.82, 2.24) is 10.1 Å². The number of aromatic nitrogens is 2. The van der Waals surface area contributed by atoms with Crippen molar-refractivity contribution in [2.45, 2.75) is 12.8 Å². The summed E-state index contributed by atoms with van der Waals surface area (Å²) in [7, 11) is 0. The molecule has 0 radical (unpaired) electrons. The number of anilines is 1. The standard InChI is InChI=1S/C15H18N4O3.ClH/c16-9-15(5-7-21-8-6-15)14(20)18-12-3-1-11(2-4-12)13-17-10-22-19-13;/h1-4,10H,5-9,16H2,(H,18,20);1H. The van der Waals surface area contributed by atoms with E-state index in [0.29, 0.717) is 38.4 Å². The van der Waals surface area contributed by atoms with Gasteiger partial charge in [0.1, 0.15) is 0 Å². The lowest BCUT2D eigenvalue weighted by atomic mass is 9.79. The SMILES string of the molecule is Cl.NCC1(C(=O)Nc2ccc(-c3ncon3)cc2)CCOCC1. The van der Waals surface area contributed by atoms with Crippen LogP contribution < -0.4 is 11.1 Å². The Labute approximate surface area is 140 Å². The fourth-order valence-electron chi connectivity index (χ4n) is 2.55. The number of carbonyl (C=O) groups is 1. The van der Waals surface area contributed by atoms with Crippen molar-refractivity contribution >= 4 is 24.0 Å². The number of hydrogen-bond acceptors (Lipinski definition) is 6. The molecule has 124 valence electrons. The van der Waals surface area contributed by atoms with Gasteiger partial charge in [-0.3, -0.25) is 4.79 Å². The third-order valence-corrected chi connectivity index (χ3v) is 4.08. The molecule has 23 heavy (non-hydrogen) atoms. The maximum Gasteiger partial charge on any atom is 0.232 e. The summed E-state index contributed by atoms with van der Waals surface area (Å²) in [5, 5.41) is 6.71. The molecule has 3 rings (SSSR count). The molecule has 0 spiro atoms. The van der Waals surface area contributed by atoms with E-state index < -0.39 is 5.41 Å². The van der Waals surface area contributed by atoms with E-state index in [2.05, 4.69) is 15.5 Å². The number of hydrogen-bond donors (Lipinski definition) is 2.